The molecule has 0 bridgehead atoms. The van der Waals surface area contributed by atoms with Gasteiger partial charge in [0.2, 0.25) is 0 Å². The molecule has 1 heterocycles. The minimum Gasteiger partial charge on any atom is -0.435 e. The highest BCUT2D eigenvalue weighted by Gasteiger charge is 2.13. The van der Waals surface area contributed by atoms with Gasteiger partial charge in [-0.2, -0.15) is 14.0 Å². The van der Waals surface area contributed by atoms with E-state index in [4.69, 9.17) is 16.9 Å². The lowest BCUT2D eigenvalue weighted by Crippen LogP contribution is -2.02. The summed E-state index contributed by atoms with van der Waals surface area (Å²) in [4.78, 5) is 0. The summed E-state index contributed by atoms with van der Waals surface area (Å²) < 4.78 is 29.8. The number of nitrogens with one attached hydrogen (secondary N) is 1. The summed E-state index contributed by atoms with van der Waals surface area (Å²) in [6.07, 6.45) is 3.53. The van der Waals surface area contributed by atoms with Crippen LogP contribution in [-0.2, 0) is 0 Å². The van der Waals surface area contributed by atoms with Gasteiger partial charge in [0, 0.05) is 10.6 Å². The van der Waals surface area contributed by atoms with Gasteiger partial charge in [0.05, 0.1) is 0 Å². The molecular weight excluding hydrogens is 362 g/mol. The van der Waals surface area contributed by atoms with Gasteiger partial charge in [-0.25, -0.2) is 5.10 Å². The molecule has 3 aromatic rings. The van der Waals surface area contributed by atoms with Crippen LogP contribution in [0.3, 0.4) is 0 Å². The molecule has 0 aliphatic rings. The Morgan fingerprint density at radius 3 is 2.54 bits per heavy atom. The number of nitrogens with zero attached hydrogens (tertiary/aromatic N) is 3. The van der Waals surface area contributed by atoms with E-state index in [1.165, 1.54) is 12.1 Å². The first-order valence-electron chi connectivity index (χ1n) is 7.40. The number of nitriles is 1. The van der Waals surface area contributed by atoms with Gasteiger partial charge in [-0.05, 0) is 41.5 Å². The third-order valence-electron chi connectivity index (χ3n) is 3.43. The Hall–Kier alpha value is -3.24. The Morgan fingerprint density at radius 2 is 1.85 bits per heavy atom. The average Bonchev–Trinajstić information content (AvgIpc) is 3.09. The highest BCUT2D eigenvalue weighted by molar-refractivity contribution is 6.30. The SMILES string of the molecule is N#Cc1[nH]nnc1-c1cc(/C=C/c2ccc(Cl)cc2)cc(OC(F)F)c1. The third kappa shape index (κ3) is 4.23. The van der Waals surface area contributed by atoms with Crippen LogP contribution in [0.4, 0.5) is 8.78 Å². The highest BCUT2D eigenvalue weighted by atomic mass is 35.5. The molecule has 1 N–H and O–H groups in total. The molecule has 130 valence electrons. The Labute approximate surface area is 152 Å². The molecule has 0 atom stereocenters. The molecule has 0 spiro atoms. The molecule has 0 saturated heterocycles. The number of halogens is 3. The van der Waals surface area contributed by atoms with Crippen LogP contribution in [0.2, 0.25) is 5.02 Å². The zero-order chi connectivity index (χ0) is 18.5. The molecule has 0 aliphatic heterocycles. The van der Waals surface area contributed by atoms with E-state index < -0.39 is 6.61 Å². The first-order chi connectivity index (χ1) is 12.5. The lowest BCUT2D eigenvalue weighted by molar-refractivity contribution is -0.0498. The number of hydrogen-bond acceptors (Lipinski definition) is 4. The van der Waals surface area contributed by atoms with Crippen LogP contribution >= 0.6 is 11.6 Å². The molecule has 8 heteroatoms. The van der Waals surface area contributed by atoms with Crippen molar-refractivity contribution in [1.29, 1.82) is 5.26 Å². The van der Waals surface area contributed by atoms with E-state index in [1.807, 2.05) is 18.2 Å². The van der Waals surface area contributed by atoms with Crippen molar-refractivity contribution in [3.63, 3.8) is 0 Å². The Morgan fingerprint density at radius 1 is 1.12 bits per heavy atom. The molecule has 5 nitrogen and oxygen atoms in total. The number of aromatic nitrogens is 3. The van der Waals surface area contributed by atoms with Crippen LogP contribution < -0.4 is 4.74 Å². The standard InChI is InChI=1S/C18H11ClF2N4O/c19-14-5-3-11(4-6-14)1-2-12-7-13(9-15(8-12)26-18(20)21)17-16(10-22)23-25-24-17/h1-9,18H,(H,23,24,25)/b2-1+. The average molecular weight is 373 g/mol. The number of ether oxygens (including phenoxy) is 1. The zero-order valence-electron chi connectivity index (χ0n) is 13.2. The largest absolute Gasteiger partial charge is 0.435 e. The van der Waals surface area contributed by atoms with Gasteiger partial charge in [0.1, 0.15) is 17.5 Å². The fourth-order valence-electron chi connectivity index (χ4n) is 2.30. The van der Waals surface area contributed by atoms with Crippen molar-refractivity contribution in [3.05, 3.63) is 64.3 Å². The topological polar surface area (TPSA) is 74.6 Å². The summed E-state index contributed by atoms with van der Waals surface area (Å²) in [6, 6.07) is 13.6. The molecule has 0 unspecified atom stereocenters. The summed E-state index contributed by atoms with van der Waals surface area (Å²) in [5.74, 6) is -0.0415. The van der Waals surface area contributed by atoms with Crippen molar-refractivity contribution in [2.45, 2.75) is 6.61 Å². The molecule has 26 heavy (non-hydrogen) atoms. The van der Waals surface area contributed by atoms with Crippen molar-refractivity contribution in [2.24, 2.45) is 0 Å². The number of rotatable bonds is 5. The van der Waals surface area contributed by atoms with Crippen molar-refractivity contribution in [1.82, 2.24) is 15.4 Å². The Kier molecular flexibility index (Phi) is 5.25. The monoisotopic (exact) mass is 372 g/mol. The van der Waals surface area contributed by atoms with E-state index in [0.717, 1.165) is 5.56 Å². The summed E-state index contributed by atoms with van der Waals surface area (Å²) >= 11 is 5.85. The van der Waals surface area contributed by atoms with Crippen LogP contribution in [0.25, 0.3) is 23.4 Å². The maximum Gasteiger partial charge on any atom is 0.387 e. The van der Waals surface area contributed by atoms with Crippen LogP contribution in [0, 0.1) is 11.3 Å². The second-order valence-corrected chi connectivity index (χ2v) is 5.64. The maximum atomic E-state index is 12.6. The zero-order valence-corrected chi connectivity index (χ0v) is 13.9. The normalized spacial score (nSPS) is 11.0. The van der Waals surface area contributed by atoms with E-state index in [1.54, 1.807) is 30.4 Å². The molecule has 0 saturated carbocycles. The molecule has 3 rings (SSSR count). The Balaban J connectivity index is 2.00. The molecule has 0 amide bonds. The number of aromatic amines is 1. The fraction of sp³-hybridized carbons (Fsp3) is 0.0556. The van der Waals surface area contributed by atoms with Gasteiger partial charge in [0.15, 0.2) is 5.69 Å². The van der Waals surface area contributed by atoms with Gasteiger partial charge in [-0.1, -0.05) is 41.1 Å². The summed E-state index contributed by atoms with van der Waals surface area (Å²) in [6.45, 7) is -2.97. The summed E-state index contributed by atoms with van der Waals surface area (Å²) in [5.41, 5.74) is 2.31. The lowest BCUT2D eigenvalue weighted by atomic mass is 10.0. The number of benzene rings is 2. The molecule has 0 aliphatic carbocycles. The predicted octanol–water partition coefficient (Wildman–Crippen LogP) is 4.77. The van der Waals surface area contributed by atoms with E-state index >= 15 is 0 Å². The number of H-pyrrole nitrogens is 1. The van der Waals surface area contributed by atoms with Gasteiger partial charge >= 0.3 is 6.61 Å². The maximum absolute atomic E-state index is 12.6. The quantitative estimate of drug-likeness (QED) is 0.655. The van der Waals surface area contributed by atoms with E-state index in [-0.39, 0.29) is 17.1 Å². The third-order valence-corrected chi connectivity index (χ3v) is 3.68. The minimum atomic E-state index is -2.97. The van der Waals surface area contributed by atoms with Crippen LogP contribution in [-0.4, -0.2) is 22.0 Å². The first kappa shape index (κ1) is 17.6. The first-order valence-corrected chi connectivity index (χ1v) is 7.78. The van der Waals surface area contributed by atoms with Gasteiger partial charge < -0.3 is 4.74 Å². The van der Waals surface area contributed by atoms with E-state index in [9.17, 15) is 8.78 Å². The number of hydrogen-bond donors (Lipinski definition) is 1. The second-order valence-electron chi connectivity index (χ2n) is 5.20. The number of alkyl halides is 2. The van der Waals surface area contributed by atoms with E-state index in [0.29, 0.717) is 16.1 Å². The predicted molar refractivity (Wildman–Crippen MR) is 93.5 cm³/mol. The fourth-order valence-corrected chi connectivity index (χ4v) is 2.43. The van der Waals surface area contributed by atoms with Gasteiger partial charge in [-0.15, -0.1) is 5.10 Å². The van der Waals surface area contributed by atoms with Crippen molar-refractivity contribution in [2.75, 3.05) is 0 Å². The van der Waals surface area contributed by atoms with Crippen molar-refractivity contribution in [3.8, 4) is 23.1 Å². The van der Waals surface area contributed by atoms with Gasteiger partial charge in [-0.3, -0.25) is 0 Å². The van der Waals surface area contributed by atoms with E-state index in [2.05, 4.69) is 20.1 Å². The highest BCUT2D eigenvalue weighted by Crippen LogP contribution is 2.28. The Bertz CT molecular complexity index is 978. The second kappa shape index (κ2) is 7.76. The molecule has 1 aromatic heterocycles. The van der Waals surface area contributed by atoms with Crippen LogP contribution in [0.5, 0.6) is 5.75 Å². The van der Waals surface area contributed by atoms with Crippen LogP contribution in [0.15, 0.2) is 42.5 Å². The molecule has 0 fully saturated rings. The van der Waals surface area contributed by atoms with Crippen LogP contribution in [0.1, 0.15) is 16.8 Å². The smallest absolute Gasteiger partial charge is 0.387 e. The van der Waals surface area contributed by atoms with Gasteiger partial charge in [0.25, 0.3) is 0 Å². The molecule has 0 radical (unpaired) electrons. The molecular formula is C18H11ClF2N4O. The lowest BCUT2D eigenvalue weighted by Gasteiger charge is -2.08. The summed E-state index contributed by atoms with van der Waals surface area (Å²) in [7, 11) is 0. The summed E-state index contributed by atoms with van der Waals surface area (Å²) in [5, 5.41) is 19.6. The van der Waals surface area contributed by atoms with Crippen molar-refractivity contribution >= 4 is 23.8 Å². The molecule has 2 aromatic carbocycles. The van der Waals surface area contributed by atoms with Crippen molar-refractivity contribution < 1.29 is 13.5 Å². The minimum absolute atomic E-state index is 0.0415.